The molecule has 40 heavy (non-hydrogen) atoms. The summed E-state index contributed by atoms with van der Waals surface area (Å²) in [4.78, 5) is 39.6. The van der Waals surface area contributed by atoms with E-state index in [1.807, 2.05) is 13.8 Å². The van der Waals surface area contributed by atoms with Crippen molar-refractivity contribution in [3.8, 4) is 0 Å². The Morgan fingerprint density at radius 1 is 0.975 bits per heavy atom. The molecule has 2 amide bonds. The molecule has 1 aliphatic rings. The second kappa shape index (κ2) is 20.0. The van der Waals surface area contributed by atoms with Crippen LogP contribution in [0.1, 0.15) is 97.8 Å². The number of likely N-dealkylation sites (tertiary alicyclic amines) is 1. The molecule has 1 aliphatic heterocycles. The van der Waals surface area contributed by atoms with Crippen LogP contribution in [0.3, 0.4) is 0 Å². The predicted molar refractivity (Wildman–Crippen MR) is 153 cm³/mol. The summed E-state index contributed by atoms with van der Waals surface area (Å²) in [5.41, 5.74) is 0. The number of nitrogens with zero attached hydrogens (tertiary/aromatic N) is 1. The highest BCUT2D eigenvalue weighted by Crippen LogP contribution is 2.18. The van der Waals surface area contributed by atoms with Crippen LogP contribution in [0.25, 0.3) is 0 Å². The molecule has 0 unspecified atom stereocenters. The highest BCUT2D eigenvalue weighted by atomic mass is 16.5. The van der Waals surface area contributed by atoms with Crippen LogP contribution in [0.5, 0.6) is 0 Å². The predicted octanol–water partition coefficient (Wildman–Crippen LogP) is 2.87. The number of aliphatic hydroxyl groups excluding tert-OH is 3. The molecular weight excluding hydrogens is 516 g/mol. The van der Waals surface area contributed by atoms with Gasteiger partial charge in [0.2, 0.25) is 5.91 Å². The lowest BCUT2D eigenvalue weighted by atomic mass is 10.00. The first-order chi connectivity index (χ1) is 19.0. The van der Waals surface area contributed by atoms with Gasteiger partial charge in [-0.25, -0.2) is 0 Å². The minimum atomic E-state index is -1.73. The molecule has 1 saturated heterocycles. The van der Waals surface area contributed by atoms with Crippen molar-refractivity contribution in [1.29, 1.82) is 0 Å². The number of nitrogens with one attached hydrogen (secondary N) is 1. The van der Waals surface area contributed by atoms with E-state index in [9.17, 15) is 29.7 Å². The molecule has 0 radical (unpaired) electrons. The number of allylic oxidation sites excluding steroid dienone is 1. The van der Waals surface area contributed by atoms with Gasteiger partial charge >= 0.3 is 5.97 Å². The molecule has 0 bridgehead atoms. The van der Waals surface area contributed by atoms with Crippen LogP contribution < -0.4 is 5.32 Å². The molecule has 0 spiro atoms. The van der Waals surface area contributed by atoms with E-state index in [-0.39, 0.29) is 30.8 Å². The number of amides is 2. The van der Waals surface area contributed by atoms with Crippen molar-refractivity contribution in [2.24, 2.45) is 5.92 Å². The first kappa shape index (κ1) is 36.0. The molecule has 0 aromatic rings. The minimum absolute atomic E-state index is 0.122. The normalized spacial score (nSPS) is 21.2. The fourth-order valence-corrected chi connectivity index (χ4v) is 4.77. The quantitative estimate of drug-likeness (QED) is 0.105. The Kier molecular flexibility index (Phi) is 18.0. The smallest absolute Gasteiger partial charge is 0.306 e. The first-order valence-corrected chi connectivity index (χ1v) is 15.0. The van der Waals surface area contributed by atoms with Crippen LogP contribution in [0.15, 0.2) is 12.2 Å². The number of carbonyl (C=O) groups is 3. The van der Waals surface area contributed by atoms with Crippen molar-refractivity contribution in [2.45, 2.75) is 134 Å². The highest BCUT2D eigenvalue weighted by Gasteiger charge is 2.38. The number of unbranched alkanes of at least 4 members (excludes halogenated alkanes) is 8. The van der Waals surface area contributed by atoms with E-state index in [1.54, 1.807) is 13.1 Å². The number of hydrogen-bond donors (Lipinski definition) is 4. The van der Waals surface area contributed by atoms with E-state index >= 15 is 0 Å². The third-order valence-electron chi connectivity index (χ3n) is 7.24. The van der Waals surface area contributed by atoms with Gasteiger partial charge in [-0.1, -0.05) is 84.3 Å². The van der Waals surface area contributed by atoms with E-state index in [4.69, 9.17) is 9.47 Å². The average molecular weight is 571 g/mol. The van der Waals surface area contributed by atoms with Crippen LogP contribution in [-0.2, 0) is 23.9 Å². The molecule has 6 atom stereocenters. The Bertz CT molecular complexity index is 775. The minimum Gasteiger partial charge on any atom is -0.460 e. The summed E-state index contributed by atoms with van der Waals surface area (Å²) in [6, 6.07) is -0.911. The molecular formula is C30H54N2O8. The summed E-state index contributed by atoms with van der Waals surface area (Å²) in [6.45, 7) is 6.21. The summed E-state index contributed by atoms with van der Waals surface area (Å²) < 4.78 is 10.8. The maximum Gasteiger partial charge on any atom is 0.306 e. The van der Waals surface area contributed by atoms with Crippen molar-refractivity contribution in [3.63, 3.8) is 0 Å². The Morgan fingerprint density at radius 2 is 1.57 bits per heavy atom. The summed E-state index contributed by atoms with van der Waals surface area (Å²) in [5.74, 6) is -1.30. The summed E-state index contributed by atoms with van der Waals surface area (Å²) >= 11 is 0. The zero-order valence-electron chi connectivity index (χ0n) is 25.2. The molecule has 1 rings (SSSR count). The van der Waals surface area contributed by atoms with Gasteiger partial charge in [0.05, 0.1) is 6.54 Å². The van der Waals surface area contributed by atoms with Crippen LogP contribution >= 0.6 is 0 Å². The van der Waals surface area contributed by atoms with Crippen molar-refractivity contribution in [1.82, 2.24) is 10.2 Å². The van der Waals surface area contributed by atoms with Crippen LogP contribution in [0.4, 0.5) is 0 Å². The lowest BCUT2D eigenvalue weighted by Gasteiger charge is -2.28. The number of aliphatic hydroxyl groups is 3. The molecule has 1 heterocycles. The Morgan fingerprint density at radius 3 is 2.15 bits per heavy atom. The molecule has 0 saturated carbocycles. The first-order valence-electron chi connectivity index (χ1n) is 15.0. The molecule has 1 fully saturated rings. The third kappa shape index (κ3) is 13.6. The second-order valence-electron chi connectivity index (χ2n) is 11.3. The number of esters is 1. The van der Waals surface area contributed by atoms with Gasteiger partial charge in [0.15, 0.2) is 6.10 Å². The highest BCUT2D eigenvalue weighted by molar-refractivity contribution is 5.89. The second-order valence-corrected chi connectivity index (χ2v) is 11.3. The summed E-state index contributed by atoms with van der Waals surface area (Å²) in [5, 5.41) is 33.6. The van der Waals surface area contributed by atoms with Gasteiger partial charge in [0.25, 0.3) is 5.91 Å². The topological polar surface area (TPSA) is 146 Å². The van der Waals surface area contributed by atoms with E-state index in [0.29, 0.717) is 12.8 Å². The fourth-order valence-electron chi connectivity index (χ4n) is 4.77. The van der Waals surface area contributed by atoms with Crippen molar-refractivity contribution in [2.75, 3.05) is 20.7 Å². The summed E-state index contributed by atoms with van der Waals surface area (Å²) in [7, 11) is 2.78. The van der Waals surface area contributed by atoms with Crippen LogP contribution in [0.2, 0.25) is 0 Å². The SMILES string of the molecule is CCCCCCCCCCCC(=O)O[C@H]1CC[C@H](NC(=O)[C@H](OC)[C@H](O)[C@@H](O)[C@H](O)/C=C/C(C)C)C(=O)N(C)C1. The number of likely N-dealkylation sites (N-methyl/N-ethyl adjacent to an activating group) is 1. The lowest BCUT2D eigenvalue weighted by Crippen LogP contribution is -2.55. The van der Waals surface area contributed by atoms with Gasteiger partial charge in [-0.05, 0) is 25.2 Å². The van der Waals surface area contributed by atoms with E-state index in [1.165, 1.54) is 56.6 Å². The molecule has 10 nitrogen and oxygen atoms in total. The van der Waals surface area contributed by atoms with E-state index in [2.05, 4.69) is 12.2 Å². The fraction of sp³-hybridized carbons (Fsp3) is 0.833. The van der Waals surface area contributed by atoms with Crippen LogP contribution in [-0.4, -0.2) is 95.3 Å². The molecule has 232 valence electrons. The largest absolute Gasteiger partial charge is 0.460 e. The van der Waals surface area contributed by atoms with Gasteiger partial charge in [0, 0.05) is 20.6 Å². The van der Waals surface area contributed by atoms with Gasteiger partial charge < -0.3 is 35.0 Å². The number of ether oxygens (including phenoxy) is 2. The third-order valence-corrected chi connectivity index (χ3v) is 7.24. The maximum atomic E-state index is 12.9. The molecule has 0 aromatic carbocycles. The van der Waals surface area contributed by atoms with Gasteiger partial charge in [-0.3, -0.25) is 14.4 Å². The van der Waals surface area contributed by atoms with Crippen molar-refractivity contribution < 1.29 is 39.2 Å². The number of methoxy groups -OCH3 is 1. The average Bonchev–Trinajstić information content (AvgIpc) is 3.04. The standard InChI is InChI=1S/C30H54N2O8/c1-6-7-8-9-10-11-12-13-14-15-25(34)40-22-17-18-23(30(38)32(4)20-22)31-29(37)28(39-5)27(36)26(35)24(33)19-16-21(2)3/h16,19,21-24,26-28,33,35-36H,6-15,17-18,20H2,1-5H3,(H,31,37)/b19-16+/t22-,23-,24+,26-,27+,28+/m0/s1. The lowest BCUT2D eigenvalue weighted by molar-refractivity contribution is -0.151. The molecule has 0 aliphatic carbocycles. The Hall–Kier alpha value is -2.01. The monoisotopic (exact) mass is 570 g/mol. The van der Waals surface area contributed by atoms with Gasteiger partial charge in [-0.15, -0.1) is 0 Å². The Balaban J connectivity index is 2.54. The van der Waals surface area contributed by atoms with Crippen LogP contribution in [0, 0.1) is 5.92 Å². The number of carbonyl (C=O) groups excluding carboxylic acids is 3. The van der Waals surface area contributed by atoms with Gasteiger partial charge in [0.1, 0.15) is 30.5 Å². The Labute approximate surface area is 240 Å². The number of rotatable bonds is 19. The van der Waals surface area contributed by atoms with E-state index in [0.717, 1.165) is 19.3 Å². The van der Waals surface area contributed by atoms with Crippen molar-refractivity contribution in [3.05, 3.63) is 12.2 Å². The molecule has 10 heteroatoms. The van der Waals surface area contributed by atoms with Crippen molar-refractivity contribution >= 4 is 17.8 Å². The zero-order chi connectivity index (χ0) is 30.1. The summed E-state index contributed by atoms with van der Waals surface area (Å²) in [6.07, 6.45) is 7.62. The molecule has 4 N–H and O–H groups in total. The van der Waals surface area contributed by atoms with Gasteiger partial charge in [-0.2, -0.15) is 0 Å². The van der Waals surface area contributed by atoms with E-state index < -0.39 is 42.5 Å². The molecule has 0 aromatic heterocycles. The zero-order valence-corrected chi connectivity index (χ0v) is 25.2. The number of hydrogen-bond acceptors (Lipinski definition) is 8. The maximum absolute atomic E-state index is 12.9.